The topological polar surface area (TPSA) is 57.9 Å². The fourth-order valence-corrected chi connectivity index (χ4v) is 4.49. The van der Waals surface area contributed by atoms with Crippen molar-refractivity contribution in [2.75, 3.05) is 0 Å². The van der Waals surface area contributed by atoms with Gasteiger partial charge in [0.15, 0.2) is 14.6 Å². The predicted octanol–water partition coefficient (Wildman–Crippen LogP) is 3.67. The third-order valence-corrected chi connectivity index (χ3v) is 6.65. The zero-order valence-corrected chi connectivity index (χ0v) is 13.6. The number of sulfone groups is 1. The second-order valence-corrected chi connectivity index (χ2v) is 8.40. The number of alkyl halides is 5. The zero-order chi connectivity index (χ0) is 17.0. The molecule has 1 aliphatic carbocycles. The number of benzene rings is 1. The number of aryl methyl sites for hydroxylation is 1. The van der Waals surface area contributed by atoms with E-state index in [0.29, 0.717) is 0 Å². The van der Waals surface area contributed by atoms with E-state index in [1.165, 1.54) is 30.3 Å². The van der Waals surface area contributed by atoms with E-state index in [-0.39, 0.29) is 4.90 Å². The molecule has 0 spiro atoms. The number of nitrogens with zero attached hydrogens (tertiary/aromatic N) is 1. The molecule has 1 saturated carbocycles. The van der Waals surface area contributed by atoms with Gasteiger partial charge in [-0.25, -0.2) is 8.42 Å². The van der Waals surface area contributed by atoms with Gasteiger partial charge in [-0.05, 0) is 41.4 Å². The van der Waals surface area contributed by atoms with Gasteiger partial charge in [0.05, 0.1) is 16.9 Å². The standard InChI is InChI=1S/C13H10BrF4NO2S/c1-8-2-4-9(5-3-8)22(20,21)11(7-19)6-10(11)12(15,16)13(14,17)18/h2-5,10H,6H2,1H3/t10-,11+/m1/s1. The van der Waals surface area contributed by atoms with Gasteiger partial charge in [0.1, 0.15) is 0 Å². The Morgan fingerprint density at radius 3 is 2.18 bits per heavy atom. The van der Waals surface area contributed by atoms with E-state index in [9.17, 15) is 26.0 Å². The summed E-state index contributed by atoms with van der Waals surface area (Å²) < 4.78 is 75.7. The van der Waals surface area contributed by atoms with Crippen molar-refractivity contribution in [3.05, 3.63) is 29.8 Å². The van der Waals surface area contributed by atoms with E-state index >= 15 is 0 Å². The average molecular weight is 400 g/mol. The molecule has 1 fully saturated rings. The van der Waals surface area contributed by atoms with Crippen molar-refractivity contribution in [2.24, 2.45) is 5.92 Å². The van der Waals surface area contributed by atoms with E-state index in [0.717, 1.165) is 5.56 Å². The van der Waals surface area contributed by atoms with Crippen LogP contribution in [-0.2, 0) is 9.84 Å². The van der Waals surface area contributed by atoms with E-state index < -0.39 is 37.7 Å². The molecule has 0 heterocycles. The van der Waals surface area contributed by atoms with E-state index in [2.05, 4.69) is 0 Å². The van der Waals surface area contributed by atoms with Gasteiger partial charge in [0.25, 0.3) is 0 Å². The largest absolute Gasteiger partial charge is 0.363 e. The van der Waals surface area contributed by atoms with Gasteiger partial charge < -0.3 is 0 Å². The molecule has 0 saturated heterocycles. The maximum atomic E-state index is 13.7. The van der Waals surface area contributed by atoms with Gasteiger partial charge >= 0.3 is 10.8 Å². The highest BCUT2D eigenvalue weighted by atomic mass is 79.9. The Hall–Kier alpha value is -1.14. The molecule has 1 aliphatic rings. The number of hydrogen-bond acceptors (Lipinski definition) is 3. The average Bonchev–Trinajstić information content (AvgIpc) is 3.15. The summed E-state index contributed by atoms with van der Waals surface area (Å²) in [7, 11) is -4.48. The van der Waals surface area contributed by atoms with Crippen molar-refractivity contribution in [1.82, 2.24) is 0 Å². The summed E-state index contributed by atoms with van der Waals surface area (Å²) in [4.78, 5) is -4.93. The normalized spacial score (nSPS) is 25.6. The summed E-state index contributed by atoms with van der Waals surface area (Å²) in [6.07, 6.45) is -0.839. The van der Waals surface area contributed by atoms with Crippen LogP contribution in [0.4, 0.5) is 17.6 Å². The van der Waals surface area contributed by atoms with Gasteiger partial charge in [-0.15, -0.1) is 0 Å². The molecule has 3 nitrogen and oxygen atoms in total. The molecule has 1 aromatic rings. The molecule has 0 unspecified atom stereocenters. The lowest BCUT2D eigenvalue weighted by Gasteiger charge is -2.23. The van der Waals surface area contributed by atoms with Crippen LogP contribution in [0.25, 0.3) is 0 Å². The molecular formula is C13H10BrF4NO2S. The van der Waals surface area contributed by atoms with Crippen LogP contribution >= 0.6 is 15.9 Å². The molecule has 0 aliphatic heterocycles. The van der Waals surface area contributed by atoms with Gasteiger partial charge in [-0.1, -0.05) is 17.7 Å². The minimum atomic E-state index is -4.65. The quantitative estimate of drug-likeness (QED) is 0.573. The van der Waals surface area contributed by atoms with Gasteiger partial charge in [0, 0.05) is 0 Å². The molecule has 1 aromatic carbocycles. The SMILES string of the molecule is Cc1ccc(S(=O)(=O)[C@]2(C#N)C[C@H]2C(F)(F)C(F)(F)Br)cc1. The Bertz CT molecular complexity index is 737. The second kappa shape index (κ2) is 4.93. The Labute approximate surface area is 133 Å². The molecule has 0 bridgehead atoms. The van der Waals surface area contributed by atoms with Crippen molar-refractivity contribution >= 4 is 25.8 Å². The van der Waals surface area contributed by atoms with Crippen LogP contribution in [0.3, 0.4) is 0 Å². The first-order chi connectivity index (χ1) is 9.90. The van der Waals surface area contributed by atoms with Crippen LogP contribution in [0, 0.1) is 24.2 Å². The maximum Gasteiger partial charge on any atom is 0.363 e. The first-order valence-corrected chi connectivity index (χ1v) is 8.35. The highest BCUT2D eigenvalue weighted by Gasteiger charge is 2.79. The maximum absolute atomic E-state index is 13.7. The molecule has 22 heavy (non-hydrogen) atoms. The Morgan fingerprint density at radius 2 is 1.77 bits per heavy atom. The van der Waals surface area contributed by atoms with Crippen LogP contribution in [-0.4, -0.2) is 23.9 Å². The number of nitriles is 1. The fourth-order valence-electron chi connectivity index (χ4n) is 2.27. The van der Waals surface area contributed by atoms with Crippen LogP contribution < -0.4 is 0 Å². The minimum Gasteiger partial charge on any atom is -0.222 e. The van der Waals surface area contributed by atoms with Crippen LogP contribution in [0.5, 0.6) is 0 Å². The van der Waals surface area contributed by atoms with Crippen molar-refractivity contribution in [1.29, 1.82) is 5.26 Å². The van der Waals surface area contributed by atoms with Crippen molar-refractivity contribution in [2.45, 2.75) is 33.7 Å². The summed E-state index contributed by atoms with van der Waals surface area (Å²) in [5.74, 6) is -6.92. The highest BCUT2D eigenvalue weighted by Crippen LogP contribution is 2.63. The van der Waals surface area contributed by atoms with Crippen molar-refractivity contribution in [3.63, 3.8) is 0 Å². The van der Waals surface area contributed by atoms with Crippen molar-refractivity contribution < 1.29 is 26.0 Å². The molecule has 2 rings (SSSR count). The van der Waals surface area contributed by atoms with Gasteiger partial charge in [-0.2, -0.15) is 22.8 Å². The third kappa shape index (κ3) is 2.33. The summed E-state index contributed by atoms with van der Waals surface area (Å²) >= 11 is 1.57. The monoisotopic (exact) mass is 399 g/mol. The molecule has 120 valence electrons. The third-order valence-electron chi connectivity index (χ3n) is 3.73. The lowest BCUT2D eigenvalue weighted by molar-refractivity contribution is -0.161. The first-order valence-electron chi connectivity index (χ1n) is 6.07. The van der Waals surface area contributed by atoms with Crippen LogP contribution in [0.1, 0.15) is 12.0 Å². The van der Waals surface area contributed by atoms with Gasteiger partial charge in [0.2, 0.25) is 0 Å². The molecule has 9 heteroatoms. The summed E-state index contributed by atoms with van der Waals surface area (Å²) in [6.45, 7) is 1.69. The number of halogens is 5. The van der Waals surface area contributed by atoms with Crippen molar-refractivity contribution in [3.8, 4) is 6.07 Å². The van der Waals surface area contributed by atoms with Gasteiger partial charge in [-0.3, -0.25) is 0 Å². The molecular weight excluding hydrogens is 390 g/mol. The Balaban J connectivity index is 2.47. The highest BCUT2D eigenvalue weighted by molar-refractivity contribution is 9.10. The lowest BCUT2D eigenvalue weighted by atomic mass is 10.2. The first kappa shape index (κ1) is 17.2. The number of hydrogen-bond donors (Lipinski definition) is 0. The summed E-state index contributed by atoms with van der Waals surface area (Å²) in [5.41, 5.74) is 0.731. The molecule has 0 radical (unpaired) electrons. The predicted molar refractivity (Wildman–Crippen MR) is 73.6 cm³/mol. The molecule has 0 amide bonds. The Kier molecular flexibility index (Phi) is 3.86. The minimum absolute atomic E-state index is 0.337. The zero-order valence-electron chi connectivity index (χ0n) is 11.2. The molecule has 0 N–H and O–H groups in total. The summed E-state index contributed by atoms with van der Waals surface area (Å²) in [5, 5.41) is 9.08. The second-order valence-electron chi connectivity index (χ2n) is 5.20. The molecule has 2 atom stereocenters. The summed E-state index contributed by atoms with van der Waals surface area (Å²) in [6, 6.07) is 6.53. The fraction of sp³-hybridized carbons (Fsp3) is 0.462. The molecule has 0 aromatic heterocycles. The van der Waals surface area contributed by atoms with E-state index in [1.54, 1.807) is 22.9 Å². The lowest BCUT2D eigenvalue weighted by Crippen LogP contribution is -2.42. The van der Waals surface area contributed by atoms with E-state index in [4.69, 9.17) is 5.26 Å². The van der Waals surface area contributed by atoms with E-state index in [1.807, 2.05) is 0 Å². The number of rotatable bonds is 4. The van der Waals surface area contributed by atoms with Crippen LogP contribution in [0.15, 0.2) is 29.2 Å². The smallest absolute Gasteiger partial charge is 0.222 e. The Morgan fingerprint density at radius 1 is 1.27 bits per heavy atom. The van der Waals surface area contributed by atoms with Crippen LogP contribution in [0.2, 0.25) is 0 Å².